The van der Waals surface area contributed by atoms with E-state index in [4.69, 9.17) is 5.21 Å². The fraction of sp³-hybridized carbons (Fsp3) is 0.846. The highest BCUT2D eigenvalue weighted by Crippen LogP contribution is 2.10. The fourth-order valence-electron chi connectivity index (χ4n) is 3.51. The molecule has 32 heavy (non-hydrogen) atoms. The van der Waals surface area contributed by atoms with E-state index in [0.29, 0.717) is 25.9 Å². The second-order valence-electron chi connectivity index (χ2n) is 8.87. The van der Waals surface area contributed by atoms with Crippen LogP contribution >= 0.6 is 0 Å². The van der Waals surface area contributed by atoms with Gasteiger partial charge in [0.15, 0.2) is 0 Å². The molecule has 188 valence electrons. The van der Waals surface area contributed by atoms with Crippen molar-refractivity contribution in [2.75, 3.05) is 26.7 Å². The molecule has 6 nitrogen and oxygen atoms in total. The maximum atomic E-state index is 11.7. The molecule has 0 aromatic rings. The number of hydrogen-bond donors (Lipinski definition) is 3. The van der Waals surface area contributed by atoms with Crippen molar-refractivity contribution in [1.29, 1.82) is 0 Å². The first-order valence-corrected chi connectivity index (χ1v) is 13.1. The highest BCUT2D eigenvalue weighted by Gasteiger charge is 2.01. The van der Waals surface area contributed by atoms with Crippen LogP contribution in [0.5, 0.6) is 0 Å². The lowest BCUT2D eigenvalue weighted by atomic mass is 10.1. The third-order valence-corrected chi connectivity index (χ3v) is 5.55. The summed E-state index contributed by atoms with van der Waals surface area (Å²) in [5.41, 5.74) is 0. The van der Waals surface area contributed by atoms with Gasteiger partial charge in [0.1, 0.15) is 0 Å². The lowest BCUT2D eigenvalue weighted by Crippen LogP contribution is -2.26. The first kappa shape index (κ1) is 30.6. The molecule has 0 spiro atoms. The molecule has 3 N–H and O–H groups in total. The van der Waals surface area contributed by atoms with E-state index in [1.54, 1.807) is 7.05 Å². The van der Waals surface area contributed by atoms with Gasteiger partial charge >= 0.3 is 0 Å². The lowest BCUT2D eigenvalue weighted by molar-refractivity contribution is -0.122. The smallest absolute Gasteiger partial charge is 0.219 e. The Balaban J connectivity index is 3.26. The van der Waals surface area contributed by atoms with Crippen LogP contribution in [0.3, 0.4) is 0 Å². The SMILES string of the molecule is CCCCNC(=O)CCCCCCC/C=C/CCCCCCCC(=O)NCCCN(C)O. The van der Waals surface area contributed by atoms with Gasteiger partial charge in [-0.3, -0.25) is 9.59 Å². The third-order valence-electron chi connectivity index (χ3n) is 5.55. The summed E-state index contributed by atoms with van der Waals surface area (Å²) in [6.07, 6.45) is 22.9. The molecule has 0 radical (unpaired) electrons. The van der Waals surface area contributed by atoms with Gasteiger partial charge in [-0.05, 0) is 51.4 Å². The molecule has 0 aliphatic carbocycles. The summed E-state index contributed by atoms with van der Waals surface area (Å²) in [6.45, 7) is 4.17. The second kappa shape index (κ2) is 24.2. The van der Waals surface area contributed by atoms with Crippen LogP contribution in [-0.2, 0) is 9.59 Å². The summed E-state index contributed by atoms with van der Waals surface area (Å²) in [4.78, 5) is 23.3. The summed E-state index contributed by atoms with van der Waals surface area (Å²) in [5.74, 6) is 0.340. The van der Waals surface area contributed by atoms with Crippen molar-refractivity contribution < 1.29 is 14.8 Å². The summed E-state index contributed by atoms with van der Waals surface area (Å²) in [7, 11) is 1.61. The summed E-state index contributed by atoms with van der Waals surface area (Å²) >= 11 is 0. The van der Waals surface area contributed by atoms with Crippen LogP contribution < -0.4 is 10.6 Å². The standard InChI is InChI=1S/C26H51N3O3/c1-3-4-22-27-25(30)20-17-15-13-11-9-7-5-6-8-10-12-14-16-18-21-26(31)28-23-19-24-29(2)32/h5-6,32H,3-4,7-24H2,1-2H3,(H,27,30)(H,28,31)/b6-5+. The third kappa shape index (κ3) is 24.9. The van der Waals surface area contributed by atoms with Crippen molar-refractivity contribution in [1.82, 2.24) is 15.7 Å². The Morgan fingerprint density at radius 2 is 1.12 bits per heavy atom. The molecule has 0 aliphatic heterocycles. The number of hydroxylamine groups is 2. The van der Waals surface area contributed by atoms with Gasteiger partial charge in [0.2, 0.25) is 11.8 Å². The van der Waals surface area contributed by atoms with Gasteiger partial charge in [-0.25, -0.2) is 0 Å². The molecule has 2 amide bonds. The minimum Gasteiger partial charge on any atom is -0.356 e. The topological polar surface area (TPSA) is 81.7 Å². The zero-order chi connectivity index (χ0) is 23.7. The van der Waals surface area contributed by atoms with E-state index >= 15 is 0 Å². The summed E-state index contributed by atoms with van der Waals surface area (Å²) in [5, 5.41) is 16.0. The predicted molar refractivity (Wildman–Crippen MR) is 134 cm³/mol. The van der Waals surface area contributed by atoms with E-state index in [9.17, 15) is 9.59 Å². The van der Waals surface area contributed by atoms with Crippen molar-refractivity contribution in [3.63, 3.8) is 0 Å². The average molecular weight is 454 g/mol. The molecular weight excluding hydrogens is 402 g/mol. The first-order chi connectivity index (χ1) is 15.6. The summed E-state index contributed by atoms with van der Waals surface area (Å²) < 4.78 is 0. The largest absolute Gasteiger partial charge is 0.356 e. The average Bonchev–Trinajstić information content (AvgIpc) is 2.76. The molecule has 0 bridgehead atoms. The molecule has 0 heterocycles. The van der Waals surface area contributed by atoms with Gasteiger partial charge in [0.05, 0.1) is 0 Å². The molecule has 0 atom stereocenters. The van der Waals surface area contributed by atoms with Gasteiger partial charge in [-0.2, -0.15) is 5.06 Å². The minimum absolute atomic E-state index is 0.126. The number of nitrogens with zero attached hydrogens (tertiary/aromatic N) is 1. The van der Waals surface area contributed by atoms with Gasteiger partial charge in [-0.1, -0.05) is 64.0 Å². The van der Waals surface area contributed by atoms with Gasteiger partial charge in [0.25, 0.3) is 0 Å². The molecule has 0 aromatic carbocycles. The monoisotopic (exact) mass is 453 g/mol. The van der Waals surface area contributed by atoms with Crippen LogP contribution in [-0.4, -0.2) is 48.8 Å². The van der Waals surface area contributed by atoms with E-state index < -0.39 is 0 Å². The summed E-state index contributed by atoms with van der Waals surface area (Å²) in [6, 6.07) is 0. The zero-order valence-corrected chi connectivity index (χ0v) is 21.0. The van der Waals surface area contributed by atoms with Crippen LogP contribution in [0.2, 0.25) is 0 Å². The Bertz CT molecular complexity index is 467. The molecule has 6 heteroatoms. The van der Waals surface area contributed by atoms with Crippen LogP contribution in [0.15, 0.2) is 12.2 Å². The molecule has 0 rings (SSSR count). The van der Waals surface area contributed by atoms with E-state index in [1.165, 1.54) is 44.9 Å². The van der Waals surface area contributed by atoms with E-state index in [-0.39, 0.29) is 11.8 Å². The molecular formula is C26H51N3O3. The highest BCUT2D eigenvalue weighted by molar-refractivity contribution is 5.76. The van der Waals surface area contributed by atoms with E-state index in [1.807, 2.05) is 0 Å². The van der Waals surface area contributed by atoms with Crippen molar-refractivity contribution in [3.05, 3.63) is 12.2 Å². The molecule has 0 aromatic heterocycles. The van der Waals surface area contributed by atoms with Crippen molar-refractivity contribution in [2.45, 2.75) is 116 Å². The van der Waals surface area contributed by atoms with Gasteiger partial charge in [0, 0.05) is 39.5 Å². The minimum atomic E-state index is 0.126. The Labute approximate surface area is 197 Å². The Morgan fingerprint density at radius 3 is 1.59 bits per heavy atom. The van der Waals surface area contributed by atoms with E-state index in [2.05, 4.69) is 29.7 Å². The molecule has 0 unspecified atom stereocenters. The maximum Gasteiger partial charge on any atom is 0.219 e. The number of rotatable bonds is 23. The predicted octanol–water partition coefficient (Wildman–Crippen LogP) is 5.75. The number of carbonyl (C=O) groups is 2. The first-order valence-electron chi connectivity index (χ1n) is 13.1. The van der Waals surface area contributed by atoms with Crippen LogP contribution in [0.25, 0.3) is 0 Å². The van der Waals surface area contributed by atoms with Crippen LogP contribution in [0, 0.1) is 0 Å². The quantitative estimate of drug-likeness (QED) is 0.105. The lowest BCUT2D eigenvalue weighted by Gasteiger charge is -2.08. The molecule has 0 fully saturated rings. The number of carbonyl (C=O) groups excluding carboxylic acids is 2. The van der Waals surface area contributed by atoms with E-state index in [0.717, 1.165) is 63.0 Å². The number of amides is 2. The number of nitrogens with one attached hydrogen (secondary N) is 2. The fourth-order valence-corrected chi connectivity index (χ4v) is 3.51. The van der Waals surface area contributed by atoms with Crippen molar-refractivity contribution >= 4 is 11.8 Å². The van der Waals surface area contributed by atoms with Gasteiger partial charge < -0.3 is 15.8 Å². The Kier molecular flexibility index (Phi) is 23.2. The Morgan fingerprint density at radius 1 is 0.688 bits per heavy atom. The van der Waals surface area contributed by atoms with Gasteiger partial charge in [-0.15, -0.1) is 0 Å². The van der Waals surface area contributed by atoms with Crippen molar-refractivity contribution in [2.24, 2.45) is 0 Å². The molecule has 0 saturated heterocycles. The van der Waals surface area contributed by atoms with Crippen LogP contribution in [0.4, 0.5) is 0 Å². The highest BCUT2D eigenvalue weighted by atomic mass is 16.5. The Hall–Kier alpha value is -1.40. The maximum absolute atomic E-state index is 11.7. The van der Waals surface area contributed by atoms with Crippen LogP contribution in [0.1, 0.15) is 116 Å². The molecule has 0 aliphatic rings. The number of hydrogen-bond acceptors (Lipinski definition) is 4. The van der Waals surface area contributed by atoms with Crippen molar-refractivity contribution in [3.8, 4) is 0 Å². The number of allylic oxidation sites excluding steroid dienone is 2. The normalized spacial score (nSPS) is 11.4. The number of unbranched alkanes of at least 4 members (excludes halogenated alkanes) is 11. The zero-order valence-electron chi connectivity index (χ0n) is 21.0. The molecule has 0 saturated carbocycles. The second-order valence-corrected chi connectivity index (χ2v) is 8.87.